The SMILES string of the molecule is CN(c1ccc(C(=O)NCC2CCCO2)cn1)C1CCS(=O)(=O)C1. The molecule has 1 aromatic heterocycles. The summed E-state index contributed by atoms with van der Waals surface area (Å²) in [6.45, 7) is 1.28. The molecular formula is C16H23N3O4S. The molecule has 2 atom stereocenters. The van der Waals surface area contributed by atoms with Crippen molar-refractivity contribution in [3.63, 3.8) is 0 Å². The van der Waals surface area contributed by atoms with Gasteiger partial charge in [0.15, 0.2) is 9.84 Å². The molecular weight excluding hydrogens is 330 g/mol. The molecule has 3 rings (SSSR count). The first-order valence-electron chi connectivity index (χ1n) is 8.24. The maximum atomic E-state index is 12.1. The van der Waals surface area contributed by atoms with Gasteiger partial charge in [0.2, 0.25) is 0 Å². The van der Waals surface area contributed by atoms with E-state index in [0.29, 0.717) is 24.3 Å². The molecule has 2 unspecified atom stereocenters. The van der Waals surface area contributed by atoms with Crippen LogP contribution in [-0.4, -0.2) is 63.2 Å². The first-order valence-corrected chi connectivity index (χ1v) is 10.1. The quantitative estimate of drug-likeness (QED) is 0.835. The second-order valence-corrected chi connectivity index (χ2v) is 8.65. The van der Waals surface area contributed by atoms with E-state index in [9.17, 15) is 13.2 Å². The number of nitrogens with one attached hydrogen (secondary N) is 1. The molecule has 0 aliphatic carbocycles. The Morgan fingerprint density at radius 2 is 2.25 bits per heavy atom. The van der Waals surface area contributed by atoms with Gasteiger partial charge >= 0.3 is 0 Å². The number of carbonyl (C=O) groups excluding carboxylic acids is 1. The molecule has 2 aliphatic rings. The first-order chi connectivity index (χ1) is 11.4. The lowest BCUT2D eigenvalue weighted by Crippen LogP contribution is -2.33. The molecule has 0 aromatic carbocycles. The normalized spacial score (nSPS) is 25.5. The highest BCUT2D eigenvalue weighted by Crippen LogP contribution is 2.21. The van der Waals surface area contributed by atoms with Gasteiger partial charge in [0.25, 0.3) is 5.91 Å². The van der Waals surface area contributed by atoms with Gasteiger partial charge in [0, 0.05) is 32.4 Å². The summed E-state index contributed by atoms with van der Waals surface area (Å²) in [6.07, 6.45) is 4.27. The Morgan fingerprint density at radius 3 is 2.83 bits per heavy atom. The zero-order valence-electron chi connectivity index (χ0n) is 13.8. The van der Waals surface area contributed by atoms with Crippen LogP contribution >= 0.6 is 0 Å². The molecule has 7 nitrogen and oxygen atoms in total. The van der Waals surface area contributed by atoms with Gasteiger partial charge in [0.05, 0.1) is 23.2 Å². The lowest BCUT2D eigenvalue weighted by molar-refractivity contribution is 0.0857. The molecule has 1 amide bonds. The zero-order chi connectivity index (χ0) is 17.2. The van der Waals surface area contributed by atoms with Crippen LogP contribution in [0.15, 0.2) is 18.3 Å². The molecule has 3 heterocycles. The maximum absolute atomic E-state index is 12.1. The monoisotopic (exact) mass is 353 g/mol. The van der Waals surface area contributed by atoms with Crippen LogP contribution in [0.1, 0.15) is 29.6 Å². The van der Waals surface area contributed by atoms with Crippen molar-refractivity contribution in [3.05, 3.63) is 23.9 Å². The zero-order valence-corrected chi connectivity index (χ0v) is 14.6. The molecule has 2 fully saturated rings. The number of pyridine rings is 1. The molecule has 2 saturated heterocycles. The van der Waals surface area contributed by atoms with Gasteiger partial charge in [-0.3, -0.25) is 4.79 Å². The van der Waals surface area contributed by atoms with Gasteiger partial charge in [-0.25, -0.2) is 13.4 Å². The Morgan fingerprint density at radius 1 is 1.42 bits per heavy atom. The van der Waals surface area contributed by atoms with Crippen LogP contribution < -0.4 is 10.2 Å². The average molecular weight is 353 g/mol. The van der Waals surface area contributed by atoms with Crippen molar-refractivity contribution in [2.45, 2.75) is 31.4 Å². The van der Waals surface area contributed by atoms with Crippen molar-refractivity contribution >= 4 is 21.6 Å². The Hall–Kier alpha value is -1.67. The Bertz CT molecular complexity index is 684. The van der Waals surface area contributed by atoms with Crippen LogP contribution in [0.3, 0.4) is 0 Å². The number of anilines is 1. The fourth-order valence-corrected chi connectivity index (χ4v) is 4.89. The van der Waals surface area contributed by atoms with E-state index in [-0.39, 0.29) is 29.6 Å². The number of aromatic nitrogens is 1. The van der Waals surface area contributed by atoms with Gasteiger partial charge in [0.1, 0.15) is 5.82 Å². The van der Waals surface area contributed by atoms with E-state index < -0.39 is 9.84 Å². The fraction of sp³-hybridized carbons (Fsp3) is 0.625. The van der Waals surface area contributed by atoms with E-state index in [0.717, 1.165) is 19.4 Å². The molecule has 2 aliphatic heterocycles. The second-order valence-electron chi connectivity index (χ2n) is 6.42. The van der Waals surface area contributed by atoms with Crippen molar-refractivity contribution in [2.24, 2.45) is 0 Å². The van der Waals surface area contributed by atoms with E-state index in [1.54, 1.807) is 12.1 Å². The lowest BCUT2D eigenvalue weighted by Gasteiger charge is -2.24. The third-order valence-corrected chi connectivity index (χ3v) is 6.39. The molecule has 1 N–H and O–H groups in total. The lowest BCUT2D eigenvalue weighted by atomic mass is 10.2. The van der Waals surface area contributed by atoms with Crippen molar-refractivity contribution < 1.29 is 17.9 Å². The predicted molar refractivity (Wildman–Crippen MR) is 91.0 cm³/mol. The highest BCUT2D eigenvalue weighted by molar-refractivity contribution is 7.91. The Labute approximate surface area is 142 Å². The summed E-state index contributed by atoms with van der Waals surface area (Å²) >= 11 is 0. The van der Waals surface area contributed by atoms with Crippen LogP contribution in [0.25, 0.3) is 0 Å². The van der Waals surface area contributed by atoms with Crippen LogP contribution in [-0.2, 0) is 14.6 Å². The topological polar surface area (TPSA) is 88.6 Å². The van der Waals surface area contributed by atoms with Gasteiger partial charge in [-0.1, -0.05) is 0 Å². The standard InChI is InChI=1S/C16H23N3O4S/c1-19(13-6-8-24(21,22)11-13)15-5-4-12(9-17-15)16(20)18-10-14-3-2-7-23-14/h4-5,9,13-14H,2-3,6-8,10-11H2,1H3,(H,18,20). The summed E-state index contributed by atoms with van der Waals surface area (Å²) in [7, 11) is -1.09. The molecule has 1 aromatic rings. The number of sulfone groups is 1. The fourth-order valence-electron chi connectivity index (χ4n) is 3.11. The summed E-state index contributed by atoms with van der Waals surface area (Å²) in [5.74, 6) is 0.893. The number of hydrogen-bond acceptors (Lipinski definition) is 6. The smallest absolute Gasteiger partial charge is 0.252 e. The molecule has 0 spiro atoms. The molecule has 132 valence electrons. The van der Waals surface area contributed by atoms with Crippen molar-refractivity contribution in [2.75, 3.05) is 36.6 Å². The number of rotatable bonds is 5. The largest absolute Gasteiger partial charge is 0.376 e. The first kappa shape index (κ1) is 17.2. The van der Waals surface area contributed by atoms with E-state index in [1.165, 1.54) is 6.20 Å². The van der Waals surface area contributed by atoms with Gasteiger partial charge in [-0.05, 0) is 31.4 Å². The molecule has 0 radical (unpaired) electrons. The van der Waals surface area contributed by atoms with E-state index in [4.69, 9.17) is 4.74 Å². The Balaban J connectivity index is 1.57. The number of nitrogens with zero attached hydrogens (tertiary/aromatic N) is 2. The van der Waals surface area contributed by atoms with Crippen molar-refractivity contribution in [1.82, 2.24) is 10.3 Å². The van der Waals surface area contributed by atoms with Gasteiger partial charge < -0.3 is 15.0 Å². The highest BCUT2D eigenvalue weighted by Gasteiger charge is 2.31. The van der Waals surface area contributed by atoms with E-state index in [1.807, 2.05) is 11.9 Å². The molecule has 8 heteroatoms. The summed E-state index contributed by atoms with van der Waals surface area (Å²) in [5, 5.41) is 2.86. The highest BCUT2D eigenvalue weighted by atomic mass is 32.2. The van der Waals surface area contributed by atoms with Crippen LogP contribution in [0.4, 0.5) is 5.82 Å². The molecule has 0 bridgehead atoms. The van der Waals surface area contributed by atoms with Crippen molar-refractivity contribution in [1.29, 1.82) is 0 Å². The summed E-state index contributed by atoms with van der Waals surface area (Å²) in [5.41, 5.74) is 0.490. The van der Waals surface area contributed by atoms with Crippen molar-refractivity contribution in [3.8, 4) is 0 Å². The van der Waals surface area contributed by atoms with Crippen LogP contribution in [0.5, 0.6) is 0 Å². The maximum Gasteiger partial charge on any atom is 0.252 e. The minimum absolute atomic E-state index is 0.0540. The minimum Gasteiger partial charge on any atom is -0.376 e. The summed E-state index contributed by atoms with van der Waals surface area (Å²) in [6, 6.07) is 3.42. The second kappa shape index (κ2) is 7.06. The van der Waals surface area contributed by atoms with E-state index in [2.05, 4.69) is 10.3 Å². The molecule has 0 saturated carbocycles. The number of ether oxygens (including phenoxy) is 1. The number of carbonyl (C=O) groups is 1. The summed E-state index contributed by atoms with van der Waals surface area (Å²) in [4.78, 5) is 18.3. The van der Waals surface area contributed by atoms with E-state index >= 15 is 0 Å². The number of amides is 1. The van der Waals surface area contributed by atoms with Gasteiger partial charge in [-0.2, -0.15) is 0 Å². The number of hydrogen-bond donors (Lipinski definition) is 1. The predicted octanol–water partition coefficient (Wildman–Crippen LogP) is 0.614. The Kier molecular flexibility index (Phi) is 5.05. The minimum atomic E-state index is -2.93. The summed E-state index contributed by atoms with van der Waals surface area (Å²) < 4.78 is 28.7. The van der Waals surface area contributed by atoms with Crippen LogP contribution in [0, 0.1) is 0 Å². The molecule has 24 heavy (non-hydrogen) atoms. The van der Waals surface area contributed by atoms with Crippen LogP contribution in [0.2, 0.25) is 0 Å². The average Bonchev–Trinajstić information content (AvgIpc) is 3.21. The van der Waals surface area contributed by atoms with Gasteiger partial charge in [-0.15, -0.1) is 0 Å². The third-order valence-electron chi connectivity index (χ3n) is 4.64. The third kappa shape index (κ3) is 4.05.